The Morgan fingerprint density at radius 2 is 2.00 bits per heavy atom. The van der Waals surface area contributed by atoms with E-state index in [0.717, 1.165) is 25.9 Å². The van der Waals surface area contributed by atoms with Crippen molar-refractivity contribution in [2.24, 2.45) is 11.1 Å². The summed E-state index contributed by atoms with van der Waals surface area (Å²) in [6, 6.07) is 4.09. The van der Waals surface area contributed by atoms with Crippen LogP contribution in [0.25, 0.3) is 0 Å². The third kappa shape index (κ3) is 4.18. The number of halogens is 1. The van der Waals surface area contributed by atoms with Gasteiger partial charge in [0, 0.05) is 17.6 Å². The van der Waals surface area contributed by atoms with Gasteiger partial charge < -0.3 is 10.2 Å². The Morgan fingerprint density at radius 1 is 1.38 bits per heavy atom. The number of hydrogen-bond donors (Lipinski definition) is 2. The Kier molecular flexibility index (Phi) is 4.90. The lowest BCUT2D eigenvalue weighted by atomic mass is 10.00. The number of piperidine rings is 1. The molecule has 1 heterocycles. The second kappa shape index (κ2) is 6.33. The summed E-state index contributed by atoms with van der Waals surface area (Å²) in [5.41, 5.74) is 0.519. The van der Waals surface area contributed by atoms with E-state index in [0.29, 0.717) is 16.1 Å². The van der Waals surface area contributed by atoms with E-state index in [1.54, 1.807) is 4.90 Å². The number of amides is 2. The van der Waals surface area contributed by atoms with E-state index in [4.69, 9.17) is 5.14 Å². The molecular formula is C13H18BrN3O3S. The van der Waals surface area contributed by atoms with Gasteiger partial charge in [0.1, 0.15) is 0 Å². The van der Waals surface area contributed by atoms with E-state index in [9.17, 15) is 13.2 Å². The fraction of sp³-hybridized carbons (Fsp3) is 0.462. The van der Waals surface area contributed by atoms with Crippen molar-refractivity contribution in [3.05, 3.63) is 22.7 Å². The molecule has 1 aliphatic heterocycles. The van der Waals surface area contributed by atoms with Crippen molar-refractivity contribution in [3.8, 4) is 0 Å². The molecule has 6 nitrogen and oxygen atoms in total. The number of nitrogens with two attached hydrogens (primary N) is 1. The maximum absolute atomic E-state index is 12.2. The molecule has 0 aromatic heterocycles. The van der Waals surface area contributed by atoms with E-state index in [1.165, 1.54) is 18.2 Å². The van der Waals surface area contributed by atoms with Crippen molar-refractivity contribution in [3.63, 3.8) is 0 Å². The minimum atomic E-state index is -3.75. The lowest BCUT2D eigenvalue weighted by molar-refractivity contribution is 0.186. The molecular weight excluding hydrogens is 358 g/mol. The fourth-order valence-corrected chi connectivity index (χ4v) is 3.35. The third-order valence-corrected chi connectivity index (χ3v) is 5.15. The molecule has 0 aliphatic carbocycles. The molecule has 0 atom stereocenters. The molecule has 0 bridgehead atoms. The zero-order valence-electron chi connectivity index (χ0n) is 11.7. The van der Waals surface area contributed by atoms with E-state index in [1.807, 2.05) is 0 Å². The Hall–Kier alpha value is -1.12. The van der Waals surface area contributed by atoms with Gasteiger partial charge in [-0.3, -0.25) is 0 Å². The van der Waals surface area contributed by atoms with Gasteiger partial charge in [-0.25, -0.2) is 18.4 Å². The van der Waals surface area contributed by atoms with Crippen LogP contribution in [0.5, 0.6) is 0 Å². The summed E-state index contributed by atoms with van der Waals surface area (Å²) < 4.78 is 23.0. The van der Waals surface area contributed by atoms with E-state index >= 15 is 0 Å². The van der Waals surface area contributed by atoms with Crippen LogP contribution in [0.1, 0.15) is 19.8 Å². The summed E-state index contributed by atoms with van der Waals surface area (Å²) in [5, 5.41) is 7.84. The van der Waals surface area contributed by atoms with Crippen LogP contribution in [0.4, 0.5) is 10.5 Å². The average Bonchev–Trinajstić information content (AvgIpc) is 2.40. The zero-order chi connectivity index (χ0) is 15.6. The number of carbonyl (C=O) groups is 1. The number of urea groups is 1. The first-order chi connectivity index (χ1) is 9.77. The highest BCUT2D eigenvalue weighted by Crippen LogP contribution is 2.26. The Labute approximate surface area is 132 Å². The normalized spacial score (nSPS) is 16.8. The molecule has 0 spiro atoms. The monoisotopic (exact) mass is 375 g/mol. The average molecular weight is 376 g/mol. The molecule has 21 heavy (non-hydrogen) atoms. The van der Waals surface area contributed by atoms with E-state index < -0.39 is 10.0 Å². The summed E-state index contributed by atoms with van der Waals surface area (Å²) in [6.45, 7) is 3.65. The van der Waals surface area contributed by atoms with Crippen LogP contribution < -0.4 is 10.5 Å². The Morgan fingerprint density at radius 3 is 2.52 bits per heavy atom. The molecule has 3 N–H and O–H groups in total. The van der Waals surface area contributed by atoms with Crippen LogP contribution in [0.2, 0.25) is 0 Å². The van der Waals surface area contributed by atoms with Gasteiger partial charge in [0.25, 0.3) is 0 Å². The number of primary sulfonamides is 1. The highest BCUT2D eigenvalue weighted by molar-refractivity contribution is 9.10. The van der Waals surface area contributed by atoms with Gasteiger partial charge in [0.15, 0.2) is 0 Å². The summed E-state index contributed by atoms with van der Waals surface area (Å²) in [5.74, 6) is 0.648. The minimum Gasteiger partial charge on any atom is -0.325 e. The van der Waals surface area contributed by atoms with Crippen LogP contribution in [0, 0.1) is 5.92 Å². The third-order valence-electron chi connectivity index (χ3n) is 3.58. The molecule has 1 fully saturated rings. The van der Waals surface area contributed by atoms with Gasteiger partial charge in [-0.05, 0) is 52.9 Å². The molecule has 1 aliphatic rings. The summed E-state index contributed by atoms with van der Waals surface area (Å²) in [7, 11) is -3.75. The molecule has 2 amide bonds. The second-order valence-electron chi connectivity index (χ2n) is 5.29. The second-order valence-corrected chi connectivity index (χ2v) is 7.70. The SMILES string of the molecule is CC1CCN(C(=O)Nc2ccc(S(N)(=O)=O)cc2Br)CC1. The molecule has 116 valence electrons. The lowest BCUT2D eigenvalue weighted by Gasteiger charge is -2.30. The zero-order valence-corrected chi connectivity index (χ0v) is 14.1. The quantitative estimate of drug-likeness (QED) is 0.830. The summed E-state index contributed by atoms with van der Waals surface area (Å²) in [4.78, 5) is 13.9. The van der Waals surface area contributed by atoms with Gasteiger partial charge in [0.2, 0.25) is 10.0 Å². The number of nitrogens with one attached hydrogen (secondary N) is 1. The van der Waals surface area contributed by atoms with E-state index in [-0.39, 0.29) is 10.9 Å². The minimum absolute atomic E-state index is 0.000767. The van der Waals surface area contributed by atoms with Crippen molar-refractivity contribution in [1.82, 2.24) is 4.90 Å². The molecule has 0 radical (unpaired) electrons. The van der Waals surface area contributed by atoms with Crippen molar-refractivity contribution in [2.45, 2.75) is 24.7 Å². The van der Waals surface area contributed by atoms with Gasteiger partial charge in [-0.1, -0.05) is 6.92 Å². The van der Waals surface area contributed by atoms with Gasteiger partial charge in [-0.2, -0.15) is 0 Å². The number of hydrogen-bond acceptors (Lipinski definition) is 3. The molecule has 0 unspecified atom stereocenters. The number of carbonyl (C=O) groups excluding carboxylic acids is 1. The number of rotatable bonds is 2. The Bertz CT molecular complexity index is 640. The highest BCUT2D eigenvalue weighted by atomic mass is 79.9. The van der Waals surface area contributed by atoms with Gasteiger partial charge in [-0.15, -0.1) is 0 Å². The van der Waals surface area contributed by atoms with Crippen LogP contribution in [0.3, 0.4) is 0 Å². The predicted octanol–water partition coefficient (Wildman–Crippen LogP) is 2.36. The topological polar surface area (TPSA) is 92.5 Å². The van der Waals surface area contributed by atoms with Crippen LogP contribution >= 0.6 is 15.9 Å². The summed E-state index contributed by atoms with van der Waals surface area (Å²) >= 11 is 3.25. The molecule has 1 aromatic carbocycles. The number of sulfonamides is 1. The molecule has 2 rings (SSSR count). The summed E-state index contributed by atoms with van der Waals surface area (Å²) in [6.07, 6.45) is 2.00. The standard InChI is InChI=1S/C13H18BrN3O3S/c1-9-4-6-17(7-5-9)13(18)16-12-3-2-10(8-11(12)14)21(15,19)20/h2-3,8-9H,4-7H2,1H3,(H,16,18)(H2,15,19,20). The van der Waals surface area contributed by atoms with Gasteiger partial charge >= 0.3 is 6.03 Å². The van der Waals surface area contributed by atoms with E-state index in [2.05, 4.69) is 28.2 Å². The Balaban J connectivity index is 2.08. The smallest absolute Gasteiger partial charge is 0.321 e. The molecule has 8 heteroatoms. The number of anilines is 1. The van der Waals surface area contributed by atoms with Crippen molar-refractivity contribution < 1.29 is 13.2 Å². The van der Waals surface area contributed by atoms with Crippen molar-refractivity contribution in [1.29, 1.82) is 0 Å². The largest absolute Gasteiger partial charge is 0.325 e. The first-order valence-electron chi connectivity index (χ1n) is 6.65. The van der Waals surface area contributed by atoms with Crippen molar-refractivity contribution in [2.75, 3.05) is 18.4 Å². The first kappa shape index (κ1) is 16.3. The fourth-order valence-electron chi connectivity index (χ4n) is 2.18. The van der Waals surface area contributed by atoms with Gasteiger partial charge in [0.05, 0.1) is 10.6 Å². The van der Waals surface area contributed by atoms with Crippen LogP contribution in [-0.2, 0) is 10.0 Å². The lowest BCUT2D eigenvalue weighted by Crippen LogP contribution is -2.40. The number of likely N-dealkylation sites (tertiary alicyclic amines) is 1. The van der Waals surface area contributed by atoms with Crippen molar-refractivity contribution >= 4 is 37.7 Å². The maximum Gasteiger partial charge on any atom is 0.321 e. The highest BCUT2D eigenvalue weighted by Gasteiger charge is 2.21. The molecule has 1 saturated heterocycles. The first-order valence-corrected chi connectivity index (χ1v) is 8.99. The predicted molar refractivity (Wildman–Crippen MR) is 84.5 cm³/mol. The number of nitrogens with zero attached hydrogens (tertiary/aromatic N) is 1. The van der Waals surface area contributed by atoms with Crippen LogP contribution in [-0.4, -0.2) is 32.4 Å². The van der Waals surface area contributed by atoms with Crippen LogP contribution in [0.15, 0.2) is 27.6 Å². The maximum atomic E-state index is 12.2. The number of benzene rings is 1. The molecule has 1 aromatic rings. The molecule has 0 saturated carbocycles.